The van der Waals surface area contributed by atoms with Gasteiger partial charge in [-0.2, -0.15) is 5.26 Å². The summed E-state index contributed by atoms with van der Waals surface area (Å²) in [5.74, 6) is 0.812. The molecule has 1 aromatic rings. The van der Waals surface area contributed by atoms with Crippen LogP contribution in [0, 0.1) is 11.3 Å². The van der Waals surface area contributed by atoms with E-state index in [0.29, 0.717) is 18.2 Å². The minimum atomic E-state index is 0.324. The standard InChI is InChI=1S/C13H17N3O/c14-9-11-1-3-13(4-2-11)17-8-7-16-6-5-12(15)10-16/h1-4,12H,5-8,10,15H2/t12-/m1/s1. The van der Waals surface area contributed by atoms with Crippen molar-refractivity contribution in [2.75, 3.05) is 26.2 Å². The zero-order valence-corrected chi connectivity index (χ0v) is 9.80. The van der Waals surface area contributed by atoms with Crippen LogP contribution in [0.5, 0.6) is 5.75 Å². The maximum absolute atomic E-state index is 8.66. The molecule has 4 nitrogen and oxygen atoms in total. The van der Waals surface area contributed by atoms with Gasteiger partial charge in [0.2, 0.25) is 0 Å². The van der Waals surface area contributed by atoms with Gasteiger partial charge in [-0.25, -0.2) is 0 Å². The minimum Gasteiger partial charge on any atom is -0.492 e. The Balaban J connectivity index is 1.73. The summed E-state index contributed by atoms with van der Waals surface area (Å²) in [6, 6.07) is 9.59. The number of hydrogen-bond donors (Lipinski definition) is 1. The second-order valence-corrected chi connectivity index (χ2v) is 4.33. The third-order valence-electron chi connectivity index (χ3n) is 2.97. The highest BCUT2D eigenvalue weighted by atomic mass is 16.5. The van der Waals surface area contributed by atoms with Gasteiger partial charge in [0.15, 0.2) is 0 Å². The Morgan fingerprint density at radius 3 is 2.76 bits per heavy atom. The third kappa shape index (κ3) is 3.45. The maximum atomic E-state index is 8.66. The number of nitrogens with two attached hydrogens (primary N) is 1. The average Bonchev–Trinajstić information content (AvgIpc) is 2.76. The van der Waals surface area contributed by atoms with E-state index in [1.54, 1.807) is 12.1 Å². The first-order valence-corrected chi connectivity index (χ1v) is 5.89. The van der Waals surface area contributed by atoms with E-state index in [2.05, 4.69) is 11.0 Å². The zero-order valence-electron chi connectivity index (χ0n) is 9.80. The smallest absolute Gasteiger partial charge is 0.119 e. The van der Waals surface area contributed by atoms with Crippen LogP contribution in [-0.2, 0) is 0 Å². The molecule has 0 radical (unpaired) electrons. The quantitative estimate of drug-likeness (QED) is 0.838. The molecule has 1 aromatic carbocycles. The molecule has 0 aromatic heterocycles. The third-order valence-corrected chi connectivity index (χ3v) is 2.97. The van der Waals surface area contributed by atoms with Crippen LogP contribution in [0.1, 0.15) is 12.0 Å². The van der Waals surface area contributed by atoms with Crippen LogP contribution in [0.25, 0.3) is 0 Å². The maximum Gasteiger partial charge on any atom is 0.119 e. The molecule has 17 heavy (non-hydrogen) atoms. The van der Waals surface area contributed by atoms with Crippen LogP contribution in [0.15, 0.2) is 24.3 Å². The molecule has 1 heterocycles. The molecule has 4 heteroatoms. The Hall–Kier alpha value is -1.57. The summed E-state index contributed by atoms with van der Waals surface area (Å²) in [6.07, 6.45) is 1.08. The molecule has 0 saturated carbocycles. The van der Waals surface area contributed by atoms with Crippen LogP contribution in [-0.4, -0.2) is 37.2 Å². The molecule has 0 amide bonds. The molecule has 0 unspecified atom stereocenters. The lowest BCUT2D eigenvalue weighted by Crippen LogP contribution is -2.29. The number of likely N-dealkylation sites (tertiary alicyclic amines) is 1. The van der Waals surface area contributed by atoms with Crippen LogP contribution in [0.4, 0.5) is 0 Å². The highest BCUT2D eigenvalue weighted by Crippen LogP contribution is 2.12. The lowest BCUT2D eigenvalue weighted by atomic mass is 10.2. The Labute approximate surface area is 102 Å². The fraction of sp³-hybridized carbons (Fsp3) is 0.462. The minimum absolute atomic E-state index is 0.324. The summed E-state index contributed by atoms with van der Waals surface area (Å²) in [4.78, 5) is 2.31. The lowest BCUT2D eigenvalue weighted by Gasteiger charge is -2.15. The van der Waals surface area contributed by atoms with E-state index in [1.807, 2.05) is 12.1 Å². The molecule has 1 aliphatic heterocycles. The Bertz CT molecular complexity index is 396. The number of benzene rings is 1. The van der Waals surface area contributed by atoms with Crippen molar-refractivity contribution >= 4 is 0 Å². The predicted octanol–water partition coefficient (Wildman–Crippen LogP) is 0.970. The molecular weight excluding hydrogens is 214 g/mol. The first-order chi connectivity index (χ1) is 8.28. The Kier molecular flexibility index (Phi) is 3.97. The molecule has 1 saturated heterocycles. The van der Waals surface area contributed by atoms with Crippen molar-refractivity contribution in [1.82, 2.24) is 4.90 Å². The van der Waals surface area contributed by atoms with Crippen molar-refractivity contribution in [2.45, 2.75) is 12.5 Å². The van der Waals surface area contributed by atoms with Gasteiger partial charge in [-0.3, -0.25) is 4.90 Å². The topological polar surface area (TPSA) is 62.3 Å². The monoisotopic (exact) mass is 231 g/mol. The normalized spacial score (nSPS) is 20.1. The molecule has 0 spiro atoms. The van der Waals surface area contributed by atoms with Crippen LogP contribution >= 0.6 is 0 Å². The van der Waals surface area contributed by atoms with E-state index in [9.17, 15) is 0 Å². The van der Waals surface area contributed by atoms with E-state index in [4.69, 9.17) is 15.7 Å². The van der Waals surface area contributed by atoms with Gasteiger partial charge in [0.1, 0.15) is 12.4 Å². The Morgan fingerprint density at radius 1 is 1.41 bits per heavy atom. The fourth-order valence-corrected chi connectivity index (χ4v) is 1.98. The van der Waals surface area contributed by atoms with Gasteiger partial charge in [0.05, 0.1) is 11.6 Å². The van der Waals surface area contributed by atoms with Gasteiger partial charge in [0.25, 0.3) is 0 Å². The first kappa shape index (κ1) is 11.9. The lowest BCUT2D eigenvalue weighted by molar-refractivity contribution is 0.236. The largest absolute Gasteiger partial charge is 0.492 e. The van der Waals surface area contributed by atoms with Crippen molar-refractivity contribution in [1.29, 1.82) is 5.26 Å². The summed E-state index contributed by atoms with van der Waals surface area (Å²) < 4.78 is 5.61. The molecule has 1 atom stereocenters. The van der Waals surface area contributed by atoms with Crippen molar-refractivity contribution in [3.8, 4) is 11.8 Å². The van der Waals surface area contributed by atoms with E-state index in [-0.39, 0.29) is 0 Å². The van der Waals surface area contributed by atoms with Crippen molar-refractivity contribution in [2.24, 2.45) is 5.73 Å². The second-order valence-electron chi connectivity index (χ2n) is 4.33. The van der Waals surface area contributed by atoms with Gasteiger partial charge >= 0.3 is 0 Å². The molecule has 1 fully saturated rings. The van der Waals surface area contributed by atoms with Crippen molar-refractivity contribution < 1.29 is 4.74 Å². The van der Waals surface area contributed by atoms with Crippen LogP contribution in [0.3, 0.4) is 0 Å². The highest BCUT2D eigenvalue weighted by Gasteiger charge is 2.18. The van der Waals surface area contributed by atoms with Gasteiger partial charge in [-0.1, -0.05) is 0 Å². The molecule has 2 N–H and O–H groups in total. The Morgan fingerprint density at radius 2 is 2.18 bits per heavy atom. The SMILES string of the molecule is N#Cc1ccc(OCCN2CC[C@@H](N)C2)cc1. The van der Waals surface area contributed by atoms with Crippen LogP contribution in [0.2, 0.25) is 0 Å². The van der Waals surface area contributed by atoms with Crippen molar-refractivity contribution in [3.05, 3.63) is 29.8 Å². The van der Waals surface area contributed by atoms with Gasteiger partial charge < -0.3 is 10.5 Å². The van der Waals surface area contributed by atoms with Crippen molar-refractivity contribution in [3.63, 3.8) is 0 Å². The molecule has 2 rings (SSSR count). The molecule has 0 aliphatic carbocycles. The van der Waals surface area contributed by atoms with Gasteiger partial charge in [0, 0.05) is 19.1 Å². The second kappa shape index (κ2) is 5.67. The van der Waals surface area contributed by atoms with Gasteiger partial charge in [-0.05, 0) is 37.2 Å². The van der Waals surface area contributed by atoms with E-state index >= 15 is 0 Å². The summed E-state index contributed by atoms with van der Waals surface area (Å²) in [5.41, 5.74) is 6.48. The number of hydrogen-bond acceptors (Lipinski definition) is 4. The number of rotatable bonds is 4. The number of ether oxygens (including phenoxy) is 1. The molecule has 0 bridgehead atoms. The summed E-state index contributed by atoms with van der Waals surface area (Å²) in [6.45, 7) is 3.61. The first-order valence-electron chi connectivity index (χ1n) is 5.89. The highest BCUT2D eigenvalue weighted by molar-refractivity contribution is 5.34. The summed E-state index contributed by atoms with van der Waals surface area (Å²) in [7, 11) is 0. The zero-order chi connectivity index (χ0) is 12.1. The number of nitrogens with zero attached hydrogens (tertiary/aromatic N) is 2. The van der Waals surface area contributed by atoms with Crippen LogP contribution < -0.4 is 10.5 Å². The fourth-order valence-electron chi connectivity index (χ4n) is 1.98. The molecule has 1 aliphatic rings. The summed E-state index contributed by atoms with van der Waals surface area (Å²) >= 11 is 0. The molecule has 90 valence electrons. The molecular formula is C13H17N3O. The summed E-state index contributed by atoms with van der Waals surface area (Å²) in [5, 5.41) is 8.66. The van der Waals surface area contributed by atoms with Gasteiger partial charge in [-0.15, -0.1) is 0 Å². The average molecular weight is 231 g/mol. The van der Waals surface area contributed by atoms with E-state index in [1.165, 1.54) is 0 Å². The number of nitriles is 1. The van der Waals surface area contributed by atoms with E-state index in [0.717, 1.165) is 31.8 Å². The van der Waals surface area contributed by atoms with E-state index < -0.39 is 0 Å². The predicted molar refractivity (Wildman–Crippen MR) is 65.7 cm³/mol.